The van der Waals surface area contributed by atoms with Crippen molar-refractivity contribution in [3.8, 4) is 17.6 Å². The summed E-state index contributed by atoms with van der Waals surface area (Å²) in [5, 5.41) is 0. The van der Waals surface area contributed by atoms with Gasteiger partial charge in [-0.3, -0.25) is 0 Å². The van der Waals surface area contributed by atoms with Crippen LogP contribution < -0.4 is 10.5 Å². The molecule has 0 saturated carbocycles. The number of nitrogens with two attached hydrogens (primary N) is 1. The molecule has 2 nitrogen and oxygen atoms in total. The van der Waals surface area contributed by atoms with Crippen LogP contribution in [0.3, 0.4) is 0 Å². The van der Waals surface area contributed by atoms with E-state index >= 15 is 0 Å². The zero-order valence-corrected chi connectivity index (χ0v) is 10.9. The van der Waals surface area contributed by atoms with Crippen LogP contribution in [0.25, 0.3) is 0 Å². The number of benzene rings is 1. The molecule has 0 bridgehead atoms. The molecule has 0 aliphatic rings. The highest BCUT2D eigenvalue weighted by Crippen LogP contribution is 2.17. The molecule has 92 valence electrons. The molecule has 1 rings (SSSR count). The van der Waals surface area contributed by atoms with Crippen LogP contribution in [0.1, 0.15) is 31.4 Å². The number of rotatable bonds is 4. The van der Waals surface area contributed by atoms with Crippen LogP contribution in [0.4, 0.5) is 0 Å². The smallest absolute Gasteiger partial charge is 0.119 e. The molecule has 0 fully saturated rings. The monoisotopic (exact) mass is 231 g/mol. The molecule has 0 aromatic heterocycles. The molecule has 1 unspecified atom stereocenters. The van der Waals surface area contributed by atoms with Crippen molar-refractivity contribution < 1.29 is 4.74 Å². The van der Waals surface area contributed by atoms with Gasteiger partial charge in [0.05, 0.1) is 13.2 Å². The summed E-state index contributed by atoms with van der Waals surface area (Å²) in [5.41, 5.74) is 7.51. The molecule has 1 aromatic carbocycles. The molecule has 0 aliphatic heterocycles. The Balaban J connectivity index is 2.68. The van der Waals surface area contributed by atoms with Gasteiger partial charge < -0.3 is 10.5 Å². The lowest BCUT2D eigenvalue weighted by atomic mass is 10.1. The number of aryl methyl sites for hydroxylation is 1. The SMILES string of the molecule is CCC(C)COc1ccc(C#CCN)c(C)c1. The summed E-state index contributed by atoms with van der Waals surface area (Å²) < 4.78 is 5.73. The third-order valence-corrected chi connectivity index (χ3v) is 2.75. The fraction of sp³-hybridized carbons (Fsp3) is 0.467. The van der Waals surface area contributed by atoms with E-state index in [2.05, 4.69) is 25.7 Å². The Hall–Kier alpha value is -1.46. The lowest BCUT2D eigenvalue weighted by Gasteiger charge is -2.11. The Morgan fingerprint density at radius 3 is 2.76 bits per heavy atom. The first kappa shape index (κ1) is 13.6. The molecule has 0 heterocycles. The van der Waals surface area contributed by atoms with E-state index < -0.39 is 0 Å². The summed E-state index contributed by atoms with van der Waals surface area (Å²) in [6.07, 6.45) is 1.14. The Morgan fingerprint density at radius 2 is 2.18 bits per heavy atom. The fourth-order valence-electron chi connectivity index (χ4n) is 1.37. The highest BCUT2D eigenvalue weighted by atomic mass is 16.5. The largest absolute Gasteiger partial charge is 0.493 e. The van der Waals surface area contributed by atoms with E-state index in [-0.39, 0.29) is 0 Å². The van der Waals surface area contributed by atoms with Gasteiger partial charge in [-0.1, -0.05) is 32.1 Å². The van der Waals surface area contributed by atoms with E-state index in [0.29, 0.717) is 12.5 Å². The summed E-state index contributed by atoms with van der Waals surface area (Å²) >= 11 is 0. The van der Waals surface area contributed by atoms with Gasteiger partial charge in [0.1, 0.15) is 5.75 Å². The summed E-state index contributed by atoms with van der Waals surface area (Å²) in [6, 6.07) is 5.99. The van der Waals surface area contributed by atoms with Gasteiger partial charge in [0, 0.05) is 5.56 Å². The van der Waals surface area contributed by atoms with Crippen LogP contribution in [-0.4, -0.2) is 13.2 Å². The van der Waals surface area contributed by atoms with Crippen LogP contribution >= 0.6 is 0 Å². The Labute approximate surface area is 104 Å². The molecule has 0 spiro atoms. The maximum atomic E-state index is 5.73. The highest BCUT2D eigenvalue weighted by molar-refractivity contribution is 5.44. The predicted octanol–water partition coefficient (Wildman–Crippen LogP) is 2.73. The van der Waals surface area contributed by atoms with Crippen molar-refractivity contribution >= 4 is 0 Å². The summed E-state index contributed by atoms with van der Waals surface area (Å²) in [6.45, 7) is 7.56. The van der Waals surface area contributed by atoms with Gasteiger partial charge in [-0.25, -0.2) is 0 Å². The van der Waals surface area contributed by atoms with E-state index in [1.54, 1.807) is 0 Å². The van der Waals surface area contributed by atoms with Crippen molar-refractivity contribution in [1.82, 2.24) is 0 Å². The molecule has 1 aromatic rings. The van der Waals surface area contributed by atoms with E-state index in [1.807, 2.05) is 25.1 Å². The first-order valence-corrected chi connectivity index (χ1v) is 6.09. The molecule has 0 aliphatic carbocycles. The van der Waals surface area contributed by atoms with Gasteiger partial charge in [-0.2, -0.15) is 0 Å². The molecule has 0 saturated heterocycles. The maximum Gasteiger partial charge on any atom is 0.119 e. The predicted molar refractivity (Wildman–Crippen MR) is 72.1 cm³/mol. The van der Waals surface area contributed by atoms with Gasteiger partial charge in [0.2, 0.25) is 0 Å². The number of hydrogen-bond acceptors (Lipinski definition) is 2. The topological polar surface area (TPSA) is 35.2 Å². The average Bonchev–Trinajstić information content (AvgIpc) is 2.34. The minimum absolute atomic E-state index is 0.395. The van der Waals surface area contributed by atoms with Crippen molar-refractivity contribution in [3.05, 3.63) is 29.3 Å². The molecule has 1 atom stereocenters. The van der Waals surface area contributed by atoms with Gasteiger partial charge in [0.15, 0.2) is 0 Å². The molecule has 0 radical (unpaired) electrons. The van der Waals surface area contributed by atoms with E-state index in [1.165, 1.54) is 0 Å². The van der Waals surface area contributed by atoms with Crippen LogP contribution in [0.5, 0.6) is 5.75 Å². The van der Waals surface area contributed by atoms with Crippen molar-refractivity contribution in [3.63, 3.8) is 0 Å². The Kier molecular flexibility index (Phi) is 5.59. The summed E-state index contributed by atoms with van der Waals surface area (Å²) in [7, 11) is 0. The lowest BCUT2D eigenvalue weighted by Crippen LogP contribution is -2.07. The van der Waals surface area contributed by atoms with E-state index in [9.17, 15) is 0 Å². The van der Waals surface area contributed by atoms with Crippen molar-refractivity contribution in [2.45, 2.75) is 27.2 Å². The molecule has 2 N–H and O–H groups in total. The van der Waals surface area contributed by atoms with Gasteiger partial charge in [-0.05, 0) is 36.6 Å². The van der Waals surface area contributed by atoms with Crippen molar-refractivity contribution in [1.29, 1.82) is 0 Å². The van der Waals surface area contributed by atoms with Gasteiger partial charge >= 0.3 is 0 Å². The second-order valence-electron chi connectivity index (χ2n) is 4.31. The molecule has 17 heavy (non-hydrogen) atoms. The zero-order chi connectivity index (χ0) is 12.7. The maximum absolute atomic E-state index is 5.73. The zero-order valence-electron chi connectivity index (χ0n) is 10.9. The summed E-state index contributed by atoms with van der Waals surface area (Å²) in [5.74, 6) is 7.41. The quantitative estimate of drug-likeness (QED) is 0.809. The highest BCUT2D eigenvalue weighted by Gasteiger charge is 2.02. The standard InChI is InChI=1S/C15H21NO/c1-4-12(2)11-17-15-8-7-14(6-5-9-16)13(3)10-15/h7-8,10,12H,4,9,11,16H2,1-3H3. The van der Waals surface area contributed by atoms with Crippen LogP contribution in [0, 0.1) is 24.7 Å². The second-order valence-corrected chi connectivity index (χ2v) is 4.31. The second kappa shape index (κ2) is 6.98. The molecule has 2 heteroatoms. The first-order valence-electron chi connectivity index (χ1n) is 6.09. The van der Waals surface area contributed by atoms with Gasteiger partial charge in [0.25, 0.3) is 0 Å². The molecular weight excluding hydrogens is 210 g/mol. The van der Waals surface area contributed by atoms with E-state index in [4.69, 9.17) is 10.5 Å². The van der Waals surface area contributed by atoms with Crippen molar-refractivity contribution in [2.75, 3.05) is 13.2 Å². The van der Waals surface area contributed by atoms with Crippen LogP contribution in [-0.2, 0) is 0 Å². The van der Waals surface area contributed by atoms with Crippen molar-refractivity contribution in [2.24, 2.45) is 11.7 Å². The Bertz CT molecular complexity index is 415. The van der Waals surface area contributed by atoms with Crippen LogP contribution in [0.15, 0.2) is 18.2 Å². The number of hydrogen-bond donors (Lipinski definition) is 1. The first-order chi connectivity index (χ1) is 8.17. The third kappa shape index (κ3) is 4.50. The Morgan fingerprint density at radius 1 is 1.41 bits per heavy atom. The minimum atomic E-state index is 0.395. The number of ether oxygens (including phenoxy) is 1. The van der Waals surface area contributed by atoms with Gasteiger partial charge in [-0.15, -0.1) is 0 Å². The normalized spacial score (nSPS) is 11.5. The van der Waals surface area contributed by atoms with Crippen LogP contribution in [0.2, 0.25) is 0 Å². The lowest BCUT2D eigenvalue weighted by molar-refractivity contribution is 0.256. The molecule has 0 amide bonds. The minimum Gasteiger partial charge on any atom is -0.493 e. The molecular formula is C15H21NO. The fourth-order valence-corrected chi connectivity index (χ4v) is 1.37. The average molecular weight is 231 g/mol. The third-order valence-electron chi connectivity index (χ3n) is 2.75. The van der Waals surface area contributed by atoms with E-state index in [0.717, 1.165) is 29.9 Å². The summed E-state index contributed by atoms with van der Waals surface area (Å²) in [4.78, 5) is 0.